The molecule has 0 saturated heterocycles. The highest BCUT2D eigenvalue weighted by molar-refractivity contribution is 5.61. The van der Waals surface area contributed by atoms with E-state index >= 15 is 0 Å². The predicted octanol–water partition coefficient (Wildman–Crippen LogP) is 3.73. The molecule has 0 spiro atoms. The second-order valence-electron chi connectivity index (χ2n) is 4.61. The fourth-order valence-corrected chi connectivity index (χ4v) is 2.40. The predicted molar refractivity (Wildman–Crippen MR) is 68.2 cm³/mol. The highest BCUT2D eigenvalue weighted by Gasteiger charge is 2.17. The minimum atomic E-state index is -0.320. The Labute approximate surface area is 101 Å². The fourth-order valence-electron chi connectivity index (χ4n) is 2.40. The summed E-state index contributed by atoms with van der Waals surface area (Å²) in [6.45, 7) is 0. The van der Waals surface area contributed by atoms with E-state index in [0.717, 1.165) is 12.8 Å². The lowest BCUT2D eigenvalue weighted by Gasteiger charge is -2.17. The Hall–Kier alpha value is -1.58. The molecule has 1 aliphatic carbocycles. The average Bonchev–Trinajstić information content (AvgIpc) is 2.58. The first kappa shape index (κ1) is 11.9. The average molecular weight is 234 g/mol. The molecule has 0 aliphatic heterocycles. The van der Waals surface area contributed by atoms with Crippen LogP contribution in [0.4, 0.5) is 11.4 Å². The summed E-state index contributed by atoms with van der Waals surface area (Å²) in [6, 6.07) is 7.28. The van der Waals surface area contributed by atoms with Gasteiger partial charge in [-0.15, -0.1) is 0 Å². The maximum absolute atomic E-state index is 10.9. The molecule has 1 saturated carbocycles. The van der Waals surface area contributed by atoms with E-state index < -0.39 is 0 Å². The van der Waals surface area contributed by atoms with Crippen molar-refractivity contribution in [3.8, 4) is 0 Å². The molecule has 1 N–H and O–H groups in total. The van der Waals surface area contributed by atoms with Crippen LogP contribution in [0.25, 0.3) is 0 Å². The van der Waals surface area contributed by atoms with Crippen molar-refractivity contribution in [2.24, 2.45) is 0 Å². The van der Waals surface area contributed by atoms with Crippen molar-refractivity contribution in [2.75, 3.05) is 5.32 Å². The number of anilines is 1. The van der Waals surface area contributed by atoms with Gasteiger partial charge in [-0.2, -0.15) is 0 Å². The molecule has 17 heavy (non-hydrogen) atoms. The first-order valence-corrected chi connectivity index (χ1v) is 6.27. The lowest BCUT2D eigenvalue weighted by atomic mass is 10.1. The number of nitro groups is 1. The largest absolute Gasteiger partial charge is 0.377 e. The number of nitro benzene ring substituents is 1. The summed E-state index contributed by atoms with van der Waals surface area (Å²) in [4.78, 5) is 10.6. The third-order valence-corrected chi connectivity index (χ3v) is 3.32. The minimum absolute atomic E-state index is 0.178. The number of para-hydroxylation sites is 2. The van der Waals surface area contributed by atoms with Crippen molar-refractivity contribution in [1.82, 2.24) is 0 Å². The third kappa shape index (κ3) is 3.19. The van der Waals surface area contributed by atoms with Crippen LogP contribution in [0.5, 0.6) is 0 Å². The van der Waals surface area contributed by atoms with E-state index in [-0.39, 0.29) is 10.6 Å². The van der Waals surface area contributed by atoms with Crippen molar-refractivity contribution in [2.45, 2.75) is 44.6 Å². The van der Waals surface area contributed by atoms with E-state index in [4.69, 9.17) is 0 Å². The molecule has 0 aromatic heterocycles. The fraction of sp³-hybridized carbons (Fsp3) is 0.538. The number of hydrogen-bond acceptors (Lipinski definition) is 3. The molecule has 4 nitrogen and oxygen atoms in total. The van der Waals surface area contributed by atoms with Gasteiger partial charge in [0.2, 0.25) is 0 Å². The van der Waals surface area contributed by atoms with Gasteiger partial charge in [0.05, 0.1) is 4.92 Å². The molecule has 1 aromatic rings. The Morgan fingerprint density at radius 2 is 1.76 bits per heavy atom. The lowest BCUT2D eigenvalue weighted by molar-refractivity contribution is -0.384. The van der Waals surface area contributed by atoms with Crippen molar-refractivity contribution in [3.63, 3.8) is 0 Å². The highest BCUT2D eigenvalue weighted by Crippen LogP contribution is 2.27. The van der Waals surface area contributed by atoms with Gasteiger partial charge in [-0.1, -0.05) is 37.8 Å². The second kappa shape index (κ2) is 5.66. The zero-order chi connectivity index (χ0) is 12.1. The molecule has 1 fully saturated rings. The molecule has 92 valence electrons. The van der Waals surface area contributed by atoms with E-state index in [1.165, 1.54) is 25.7 Å². The summed E-state index contributed by atoms with van der Waals surface area (Å²) in [5.74, 6) is 0. The number of hydrogen-bond donors (Lipinski definition) is 1. The minimum Gasteiger partial charge on any atom is -0.377 e. The van der Waals surface area contributed by atoms with Crippen LogP contribution in [0.15, 0.2) is 24.3 Å². The Kier molecular flexibility index (Phi) is 3.96. The van der Waals surface area contributed by atoms with Gasteiger partial charge < -0.3 is 5.32 Å². The van der Waals surface area contributed by atoms with E-state index in [1.807, 2.05) is 6.07 Å². The first-order valence-electron chi connectivity index (χ1n) is 6.27. The van der Waals surface area contributed by atoms with Gasteiger partial charge in [-0.25, -0.2) is 0 Å². The molecule has 0 radical (unpaired) electrons. The number of benzene rings is 1. The summed E-state index contributed by atoms with van der Waals surface area (Å²) < 4.78 is 0. The van der Waals surface area contributed by atoms with Crippen LogP contribution in [0.1, 0.15) is 38.5 Å². The molecule has 0 heterocycles. The van der Waals surface area contributed by atoms with Crippen LogP contribution in [0.3, 0.4) is 0 Å². The Bertz CT molecular complexity index is 385. The van der Waals surface area contributed by atoms with Gasteiger partial charge in [-0.05, 0) is 18.9 Å². The summed E-state index contributed by atoms with van der Waals surface area (Å²) in [6.07, 6.45) is 7.25. The summed E-state index contributed by atoms with van der Waals surface area (Å²) >= 11 is 0. The summed E-state index contributed by atoms with van der Waals surface area (Å²) in [5.41, 5.74) is 0.834. The normalized spacial score (nSPS) is 17.4. The van der Waals surface area contributed by atoms with Crippen molar-refractivity contribution in [1.29, 1.82) is 0 Å². The zero-order valence-corrected chi connectivity index (χ0v) is 9.89. The topological polar surface area (TPSA) is 55.2 Å². The smallest absolute Gasteiger partial charge is 0.292 e. The molecular formula is C13H18N2O2. The van der Waals surface area contributed by atoms with Gasteiger partial charge in [0.15, 0.2) is 0 Å². The second-order valence-corrected chi connectivity index (χ2v) is 4.61. The van der Waals surface area contributed by atoms with Crippen molar-refractivity contribution >= 4 is 11.4 Å². The molecule has 0 amide bonds. The standard InChI is InChI=1S/C13H18N2O2/c16-15(17)13-10-6-5-9-12(13)14-11-7-3-1-2-4-8-11/h5-6,9-11,14H,1-4,7-8H2. The summed E-state index contributed by atoms with van der Waals surface area (Å²) in [5, 5.41) is 14.2. The molecule has 2 rings (SSSR count). The van der Waals surface area contributed by atoms with E-state index in [0.29, 0.717) is 11.7 Å². The monoisotopic (exact) mass is 234 g/mol. The Morgan fingerprint density at radius 1 is 1.12 bits per heavy atom. The van der Waals surface area contributed by atoms with Crippen LogP contribution in [-0.4, -0.2) is 11.0 Å². The summed E-state index contributed by atoms with van der Waals surface area (Å²) in [7, 11) is 0. The SMILES string of the molecule is O=[N+]([O-])c1ccccc1NC1CCCCCC1. The highest BCUT2D eigenvalue weighted by atomic mass is 16.6. The van der Waals surface area contributed by atoms with Crippen LogP contribution < -0.4 is 5.32 Å². The van der Waals surface area contributed by atoms with Gasteiger partial charge in [0.1, 0.15) is 5.69 Å². The van der Waals surface area contributed by atoms with Gasteiger partial charge >= 0.3 is 0 Å². The lowest BCUT2D eigenvalue weighted by Crippen LogP contribution is -2.18. The van der Waals surface area contributed by atoms with Crippen molar-refractivity contribution < 1.29 is 4.92 Å². The number of rotatable bonds is 3. The van der Waals surface area contributed by atoms with E-state index in [9.17, 15) is 10.1 Å². The maximum atomic E-state index is 10.9. The zero-order valence-electron chi connectivity index (χ0n) is 9.89. The molecule has 1 aromatic carbocycles. The Balaban J connectivity index is 2.09. The number of nitrogens with one attached hydrogen (secondary N) is 1. The molecule has 0 bridgehead atoms. The number of nitrogens with zero attached hydrogens (tertiary/aromatic N) is 1. The van der Waals surface area contributed by atoms with Crippen LogP contribution in [0, 0.1) is 10.1 Å². The van der Waals surface area contributed by atoms with Crippen LogP contribution in [0.2, 0.25) is 0 Å². The van der Waals surface area contributed by atoms with E-state index in [2.05, 4.69) is 5.32 Å². The molecule has 4 heteroatoms. The third-order valence-electron chi connectivity index (χ3n) is 3.32. The van der Waals surface area contributed by atoms with Gasteiger partial charge in [0.25, 0.3) is 5.69 Å². The van der Waals surface area contributed by atoms with Crippen LogP contribution in [-0.2, 0) is 0 Å². The quantitative estimate of drug-likeness (QED) is 0.492. The van der Waals surface area contributed by atoms with Crippen molar-refractivity contribution in [3.05, 3.63) is 34.4 Å². The van der Waals surface area contributed by atoms with Crippen LogP contribution >= 0.6 is 0 Å². The molecule has 0 unspecified atom stereocenters. The van der Waals surface area contributed by atoms with Gasteiger partial charge in [-0.3, -0.25) is 10.1 Å². The van der Waals surface area contributed by atoms with Gasteiger partial charge in [0, 0.05) is 12.1 Å². The van der Waals surface area contributed by atoms with E-state index in [1.54, 1.807) is 18.2 Å². The molecular weight excluding hydrogens is 216 g/mol. The Morgan fingerprint density at radius 3 is 2.41 bits per heavy atom. The molecule has 0 atom stereocenters. The molecule has 1 aliphatic rings. The first-order chi connectivity index (χ1) is 8.27. The maximum Gasteiger partial charge on any atom is 0.292 e.